The van der Waals surface area contributed by atoms with Crippen LogP contribution in [0.2, 0.25) is 0 Å². The number of rotatable bonds is 5. The highest BCUT2D eigenvalue weighted by atomic mass is 32.2. The van der Waals surface area contributed by atoms with E-state index in [1.807, 2.05) is 6.26 Å². The van der Waals surface area contributed by atoms with Crippen molar-refractivity contribution in [1.29, 1.82) is 0 Å². The Hall–Kier alpha value is -1.70. The minimum Gasteiger partial charge on any atom is -0.351 e. The van der Waals surface area contributed by atoms with Crippen LogP contribution in [-0.2, 0) is 0 Å². The van der Waals surface area contributed by atoms with E-state index < -0.39 is 33.7 Å². The second-order valence-electron chi connectivity index (χ2n) is 4.61. The molecule has 1 saturated carbocycles. The van der Waals surface area contributed by atoms with Gasteiger partial charge in [-0.25, -0.2) is 4.39 Å². The second kappa shape index (κ2) is 5.35. The van der Waals surface area contributed by atoms with Crippen LogP contribution < -0.4 is 5.32 Å². The van der Waals surface area contributed by atoms with Gasteiger partial charge >= 0.3 is 5.69 Å². The zero-order valence-electron chi connectivity index (χ0n) is 10.6. The van der Waals surface area contributed by atoms with Gasteiger partial charge in [-0.3, -0.25) is 14.9 Å². The molecule has 0 spiro atoms. The maximum atomic E-state index is 13.8. The average molecular weight is 302 g/mol. The maximum Gasteiger partial charge on any atom is 0.308 e. The number of nitrogens with zero attached hydrogens (tertiary/aromatic N) is 1. The minimum atomic E-state index is -1.32. The van der Waals surface area contributed by atoms with Gasteiger partial charge in [0.05, 0.1) is 16.6 Å². The predicted molar refractivity (Wildman–Crippen MR) is 70.8 cm³/mol. The van der Waals surface area contributed by atoms with E-state index in [0.717, 1.165) is 12.8 Å². The first kappa shape index (κ1) is 14.7. The minimum absolute atomic E-state index is 0.0363. The largest absolute Gasteiger partial charge is 0.351 e. The Morgan fingerprint density at radius 3 is 2.65 bits per heavy atom. The molecule has 1 aromatic carbocycles. The third kappa shape index (κ3) is 2.90. The molecular formula is C12H12F2N2O3S. The Morgan fingerprint density at radius 2 is 2.15 bits per heavy atom. The quantitative estimate of drug-likeness (QED) is 0.670. The van der Waals surface area contributed by atoms with Crippen LogP contribution in [0.25, 0.3) is 0 Å². The zero-order chi connectivity index (χ0) is 14.9. The van der Waals surface area contributed by atoms with Crippen molar-refractivity contribution < 1.29 is 18.5 Å². The van der Waals surface area contributed by atoms with Crippen LogP contribution in [0.4, 0.5) is 14.5 Å². The number of hydrogen-bond donors (Lipinski definition) is 1. The maximum absolute atomic E-state index is 13.8. The van der Waals surface area contributed by atoms with Crippen molar-refractivity contribution in [2.75, 3.05) is 12.8 Å². The van der Waals surface area contributed by atoms with E-state index in [-0.39, 0.29) is 4.75 Å². The number of nitro groups is 1. The van der Waals surface area contributed by atoms with Gasteiger partial charge in [-0.1, -0.05) is 0 Å². The SMILES string of the molecule is CSC1(CNC(=O)c2cc(F)cc([N+](=O)[O-])c2F)CC1. The summed E-state index contributed by atoms with van der Waals surface area (Å²) in [6, 6.07) is 1.12. The Kier molecular flexibility index (Phi) is 3.94. The number of amides is 1. The van der Waals surface area contributed by atoms with E-state index in [1.165, 1.54) is 0 Å². The van der Waals surface area contributed by atoms with Gasteiger partial charge in [-0.05, 0) is 25.2 Å². The fraction of sp³-hybridized carbons (Fsp3) is 0.417. The number of carbonyl (C=O) groups excluding carboxylic acids is 1. The van der Waals surface area contributed by atoms with Crippen LogP contribution in [0.3, 0.4) is 0 Å². The van der Waals surface area contributed by atoms with Gasteiger partial charge < -0.3 is 5.32 Å². The van der Waals surface area contributed by atoms with Crippen molar-refractivity contribution in [2.24, 2.45) is 0 Å². The molecule has 0 saturated heterocycles. The lowest BCUT2D eigenvalue weighted by molar-refractivity contribution is -0.387. The van der Waals surface area contributed by atoms with E-state index in [4.69, 9.17) is 0 Å². The van der Waals surface area contributed by atoms with E-state index >= 15 is 0 Å². The molecule has 5 nitrogen and oxygen atoms in total. The molecule has 0 aromatic heterocycles. The smallest absolute Gasteiger partial charge is 0.308 e. The van der Waals surface area contributed by atoms with Gasteiger partial charge in [0.25, 0.3) is 5.91 Å². The van der Waals surface area contributed by atoms with E-state index in [2.05, 4.69) is 5.32 Å². The monoisotopic (exact) mass is 302 g/mol. The van der Waals surface area contributed by atoms with Gasteiger partial charge in [0, 0.05) is 11.3 Å². The lowest BCUT2D eigenvalue weighted by Crippen LogP contribution is -2.32. The summed E-state index contributed by atoms with van der Waals surface area (Å²) >= 11 is 1.60. The first-order valence-electron chi connectivity index (χ1n) is 5.85. The molecule has 0 radical (unpaired) electrons. The molecule has 0 heterocycles. The molecule has 1 amide bonds. The topological polar surface area (TPSA) is 72.2 Å². The molecule has 0 atom stereocenters. The van der Waals surface area contributed by atoms with Crippen molar-refractivity contribution in [3.05, 3.63) is 39.4 Å². The summed E-state index contributed by atoms with van der Waals surface area (Å²) in [5.41, 5.74) is -1.69. The molecule has 1 aromatic rings. The van der Waals surface area contributed by atoms with Gasteiger partial charge in [0.1, 0.15) is 5.82 Å². The summed E-state index contributed by atoms with van der Waals surface area (Å²) in [5, 5.41) is 13.1. The number of halogens is 2. The normalized spacial score (nSPS) is 15.8. The van der Waals surface area contributed by atoms with E-state index in [0.29, 0.717) is 18.7 Å². The molecule has 0 bridgehead atoms. The summed E-state index contributed by atoms with van der Waals surface area (Å²) in [4.78, 5) is 21.4. The molecule has 0 unspecified atom stereocenters. The predicted octanol–water partition coefficient (Wildman–Crippen LogP) is 2.50. The summed E-state index contributed by atoms with van der Waals surface area (Å²) in [5.74, 6) is -3.18. The number of nitrogens with one attached hydrogen (secondary N) is 1. The van der Waals surface area contributed by atoms with Crippen LogP contribution in [0.5, 0.6) is 0 Å². The van der Waals surface area contributed by atoms with Gasteiger partial charge in [-0.2, -0.15) is 16.2 Å². The molecular weight excluding hydrogens is 290 g/mol. The third-order valence-corrected chi connectivity index (χ3v) is 4.69. The van der Waals surface area contributed by atoms with Crippen LogP contribution in [0.15, 0.2) is 12.1 Å². The van der Waals surface area contributed by atoms with Crippen LogP contribution in [0.1, 0.15) is 23.2 Å². The Bertz CT molecular complexity index is 576. The van der Waals surface area contributed by atoms with Gasteiger partial charge in [0.15, 0.2) is 0 Å². The van der Waals surface area contributed by atoms with Gasteiger partial charge in [-0.15, -0.1) is 0 Å². The number of carbonyl (C=O) groups is 1. The molecule has 8 heteroatoms. The summed E-state index contributed by atoms with van der Waals surface area (Å²) in [6.45, 7) is 0.330. The van der Waals surface area contributed by atoms with Crippen molar-refractivity contribution in [2.45, 2.75) is 17.6 Å². The highest BCUT2D eigenvalue weighted by molar-refractivity contribution is 8.00. The van der Waals surface area contributed by atoms with Crippen LogP contribution >= 0.6 is 11.8 Å². The summed E-state index contributed by atoms with van der Waals surface area (Å²) in [6.07, 6.45) is 3.80. The van der Waals surface area contributed by atoms with Gasteiger partial charge in [0.2, 0.25) is 5.82 Å². The van der Waals surface area contributed by atoms with Crippen LogP contribution in [-0.4, -0.2) is 28.4 Å². The van der Waals surface area contributed by atoms with E-state index in [1.54, 1.807) is 11.8 Å². The number of nitro benzene ring substituents is 1. The number of thioether (sulfide) groups is 1. The summed E-state index contributed by atoms with van der Waals surface area (Å²) in [7, 11) is 0. The zero-order valence-corrected chi connectivity index (χ0v) is 11.4. The Morgan fingerprint density at radius 1 is 1.50 bits per heavy atom. The van der Waals surface area contributed by atoms with E-state index in [9.17, 15) is 23.7 Å². The Labute approximate surface area is 117 Å². The number of hydrogen-bond acceptors (Lipinski definition) is 4. The highest BCUT2D eigenvalue weighted by Crippen LogP contribution is 2.46. The van der Waals surface area contributed by atoms with Crippen molar-refractivity contribution in [3.63, 3.8) is 0 Å². The molecule has 1 aliphatic rings. The first-order chi connectivity index (χ1) is 9.38. The Balaban J connectivity index is 2.19. The standard InChI is InChI=1S/C12H12F2N2O3S/c1-20-12(2-3-12)6-15-11(17)8-4-7(13)5-9(10(8)14)16(18)19/h4-5H,2-3,6H2,1H3,(H,15,17). The van der Waals surface area contributed by atoms with Crippen molar-refractivity contribution in [3.8, 4) is 0 Å². The second-order valence-corrected chi connectivity index (χ2v) is 5.89. The third-order valence-electron chi connectivity index (χ3n) is 3.27. The van der Waals surface area contributed by atoms with Crippen LogP contribution in [0, 0.1) is 21.7 Å². The molecule has 1 N–H and O–H groups in total. The molecule has 1 fully saturated rings. The fourth-order valence-corrected chi connectivity index (χ4v) is 2.53. The average Bonchev–Trinajstić information content (AvgIpc) is 3.18. The lowest BCUT2D eigenvalue weighted by atomic mass is 10.1. The molecule has 108 valence electrons. The lowest BCUT2D eigenvalue weighted by Gasteiger charge is -2.13. The molecule has 2 rings (SSSR count). The number of benzene rings is 1. The molecule has 1 aliphatic carbocycles. The molecule has 0 aliphatic heterocycles. The fourth-order valence-electron chi connectivity index (χ4n) is 1.80. The van der Waals surface area contributed by atoms with Crippen molar-refractivity contribution in [1.82, 2.24) is 5.32 Å². The summed E-state index contributed by atoms with van der Waals surface area (Å²) < 4.78 is 27.0. The first-order valence-corrected chi connectivity index (χ1v) is 7.08. The highest BCUT2D eigenvalue weighted by Gasteiger charge is 2.42. The molecule has 20 heavy (non-hydrogen) atoms. The van der Waals surface area contributed by atoms with Crippen molar-refractivity contribution >= 4 is 23.4 Å².